The number of carbonyl (C=O) groups excluding carboxylic acids is 1. The molecule has 4 rings (SSSR count). The Bertz CT molecular complexity index is 1100. The molecule has 0 aliphatic carbocycles. The Morgan fingerprint density at radius 2 is 1.52 bits per heavy atom. The van der Waals surface area contributed by atoms with Gasteiger partial charge in [0, 0.05) is 43.0 Å². The molecule has 7 heteroatoms. The highest BCUT2D eigenvalue weighted by atomic mass is 19.1. The van der Waals surface area contributed by atoms with Crippen LogP contribution >= 0.6 is 0 Å². The minimum atomic E-state index is -0.252. The van der Waals surface area contributed by atoms with Crippen LogP contribution in [0.25, 0.3) is 0 Å². The molecule has 1 fully saturated rings. The lowest BCUT2D eigenvalue weighted by Crippen LogP contribution is -2.48. The maximum absolute atomic E-state index is 13.2. The van der Waals surface area contributed by atoms with Gasteiger partial charge in [0.05, 0.1) is 14.2 Å². The van der Waals surface area contributed by atoms with Crippen LogP contribution in [0, 0.1) is 5.82 Å². The molecule has 33 heavy (non-hydrogen) atoms. The van der Waals surface area contributed by atoms with E-state index in [0.29, 0.717) is 49.0 Å². The van der Waals surface area contributed by atoms with E-state index in [9.17, 15) is 9.18 Å². The first-order valence-corrected chi connectivity index (χ1v) is 10.8. The van der Waals surface area contributed by atoms with Gasteiger partial charge in [0.2, 0.25) is 0 Å². The van der Waals surface area contributed by atoms with Crippen LogP contribution in [0.15, 0.2) is 66.7 Å². The monoisotopic (exact) mass is 450 g/mol. The highest BCUT2D eigenvalue weighted by molar-refractivity contribution is 5.94. The summed E-state index contributed by atoms with van der Waals surface area (Å²) in [5.41, 5.74) is 2.33. The van der Waals surface area contributed by atoms with E-state index in [4.69, 9.17) is 14.2 Å². The molecule has 1 aliphatic heterocycles. The fraction of sp³-hybridized carbons (Fsp3) is 0.269. The van der Waals surface area contributed by atoms with Gasteiger partial charge in [-0.1, -0.05) is 12.1 Å². The number of benzene rings is 3. The van der Waals surface area contributed by atoms with Crippen LogP contribution in [-0.4, -0.2) is 51.2 Å². The van der Waals surface area contributed by atoms with Crippen molar-refractivity contribution in [3.8, 4) is 17.2 Å². The molecule has 1 heterocycles. The molecule has 0 spiro atoms. The van der Waals surface area contributed by atoms with Gasteiger partial charge in [-0.25, -0.2) is 4.39 Å². The number of carbonyl (C=O) groups is 1. The Morgan fingerprint density at radius 1 is 0.848 bits per heavy atom. The summed E-state index contributed by atoms with van der Waals surface area (Å²) < 4.78 is 29.9. The highest BCUT2D eigenvalue weighted by Gasteiger charge is 2.23. The van der Waals surface area contributed by atoms with Crippen LogP contribution in [0.5, 0.6) is 17.2 Å². The second kappa shape index (κ2) is 10.3. The van der Waals surface area contributed by atoms with Crippen molar-refractivity contribution in [1.29, 1.82) is 0 Å². The Kier molecular flexibility index (Phi) is 6.98. The average Bonchev–Trinajstić information content (AvgIpc) is 2.87. The Balaban J connectivity index is 1.43. The Hall–Kier alpha value is -3.74. The van der Waals surface area contributed by atoms with Crippen molar-refractivity contribution in [3.05, 3.63) is 83.7 Å². The van der Waals surface area contributed by atoms with Crippen LogP contribution in [-0.2, 0) is 6.61 Å². The van der Waals surface area contributed by atoms with Gasteiger partial charge in [0.1, 0.15) is 18.2 Å². The molecule has 0 unspecified atom stereocenters. The number of amides is 1. The standard InChI is InChI=1S/C26H27FN2O4/c1-31-23-12-7-19(17-20(23)18-33-25-6-4-3-5-24(25)32-2)26(30)29-15-13-28(14-16-29)22-10-8-21(27)9-11-22/h3-12,17H,13-16,18H2,1-2H3. The number of para-hydroxylation sites is 2. The highest BCUT2D eigenvalue weighted by Crippen LogP contribution is 2.29. The van der Waals surface area contributed by atoms with Crippen molar-refractivity contribution in [3.63, 3.8) is 0 Å². The maximum atomic E-state index is 13.2. The van der Waals surface area contributed by atoms with Crippen molar-refractivity contribution in [2.24, 2.45) is 0 Å². The van der Waals surface area contributed by atoms with E-state index in [1.165, 1.54) is 12.1 Å². The second-order valence-electron chi connectivity index (χ2n) is 7.72. The number of nitrogens with zero attached hydrogens (tertiary/aromatic N) is 2. The van der Waals surface area contributed by atoms with Gasteiger partial charge in [-0.05, 0) is 54.6 Å². The van der Waals surface area contributed by atoms with Gasteiger partial charge in [0.15, 0.2) is 11.5 Å². The van der Waals surface area contributed by atoms with Gasteiger partial charge < -0.3 is 24.0 Å². The number of anilines is 1. The molecule has 172 valence electrons. The molecular weight excluding hydrogens is 423 g/mol. The van der Waals surface area contributed by atoms with Crippen molar-refractivity contribution in [2.75, 3.05) is 45.3 Å². The summed E-state index contributed by atoms with van der Waals surface area (Å²) in [6.45, 7) is 2.81. The van der Waals surface area contributed by atoms with E-state index >= 15 is 0 Å². The second-order valence-corrected chi connectivity index (χ2v) is 7.72. The fourth-order valence-corrected chi connectivity index (χ4v) is 3.92. The van der Waals surface area contributed by atoms with E-state index in [-0.39, 0.29) is 18.3 Å². The van der Waals surface area contributed by atoms with Gasteiger partial charge in [-0.15, -0.1) is 0 Å². The van der Waals surface area contributed by atoms with Gasteiger partial charge in [0.25, 0.3) is 5.91 Å². The van der Waals surface area contributed by atoms with Crippen LogP contribution < -0.4 is 19.1 Å². The number of ether oxygens (including phenoxy) is 3. The summed E-state index contributed by atoms with van der Waals surface area (Å²) in [7, 11) is 3.19. The molecule has 1 saturated heterocycles. The number of halogens is 1. The first kappa shape index (κ1) is 22.5. The SMILES string of the molecule is COc1ccc(C(=O)N2CCN(c3ccc(F)cc3)CC2)cc1COc1ccccc1OC. The number of methoxy groups -OCH3 is 2. The summed E-state index contributed by atoms with van der Waals surface area (Å²) in [4.78, 5) is 17.2. The minimum absolute atomic E-state index is 0.0325. The van der Waals surface area contributed by atoms with Crippen LogP contribution in [0.2, 0.25) is 0 Å². The smallest absolute Gasteiger partial charge is 0.253 e. The van der Waals surface area contributed by atoms with E-state index in [1.54, 1.807) is 38.5 Å². The van der Waals surface area contributed by atoms with E-state index in [0.717, 1.165) is 11.3 Å². The largest absolute Gasteiger partial charge is 0.496 e. The zero-order valence-corrected chi connectivity index (χ0v) is 18.8. The first-order chi connectivity index (χ1) is 16.1. The maximum Gasteiger partial charge on any atom is 0.253 e. The Labute approximate surface area is 193 Å². The molecule has 0 saturated carbocycles. The molecule has 0 bridgehead atoms. The lowest BCUT2D eigenvalue weighted by Gasteiger charge is -2.36. The summed E-state index contributed by atoms with van der Waals surface area (Å²) in [6, 6.07) is 19.3. The number of rotatable bonds is 7. The number of hydrogen-bond donors (Lipinski definition) is 0. The van der Waals surface area contributed by atoms with E-state index in [1.807, 2.05) is 35.2 Å². The summed E-state index contributed by atoms with van der Waals surface area (Å²) in [5.74, 6) is 1.63. The zero-order valence-electron chi connectivity index (χ0n) is 18.8. The van der Waals surface area contributed by atoms with Gasteiger partial charge >= 0.3 is 0 Å². The molecule has 6 nitrogen and oxygen atoms in total. The molecule has 0 aromatic heterocycles. The third-order valence-electron chi connectivity index (χ3n) is 5.74. The van der Waals surface area contributed by atoms with Crippen LogP contribution in [0.3, 0.4) is 0 Å². The van der Waals surface area contributed by atoms with E-state index in [2.05, 4.69) is 4.90 Å². The third-order valence-corrected chi connectivity index (χ3v) is 5.74. The first-order valence-electron chi connectivity index (χ1n) is 10.8. The normalized spacial score (nSPS) is 13.5. The molecule has 3 aromatic rings. The fourth-order valence-electron chi connectivity index (χ4n) is 3.92. The predicted octanol–water partition coefficient (Wildman–Crippen LogP) is 4.38. The third kappa shape index (κ3) is 5.19. The quantitative estimate of drug-likeness (QED) is 0.535. The van der Waals surface area contributed by atoms with Crippen molar-refractivity contribution >= 4 is 11.6 Å². The Morgan fingerprint density at radius 3 is 2.18 bits per heavy atom. The summed E-state index contributed by atoms with van der Waals surface area (Å²) in [5, 5.41) is 0. The van der Waals surface area contributed by atoms with Crippen molar-refractivity contribution in [2.45, 2.75) is 6.61 Å². The topological polar surface area (TPSA) is 51.2 Å². The number of hydrogen-bond acceptors (Lipinski definition) is 5. The van der Waals surface area contributed by atoms with Crippen LogP contribution in [0.1, 0.15) is 15.9 Å². The molecule has 0 N–H and O–H groups in total. The van der Waals surface area contributed by atoms with E-state index < -0.39 is 0 Å². The predicted molar refractivity (Wildman–Crippen MR) is 125 cm³/mol. The molecule has 0 atom stereocenters. The summed E-state index contributed by atoms with van der Waals surface area (Å²) >= 11 is 0. The van der Waals surface area contributed by atoms with Crippen LogP contribution in [0.4, 0.5) is 10.1 Å². The molecular formula is C26H27FN2O4. The van der Waals surface area contributed by atoms with Gasteiger partial charge in [-0.3, -0.25) is 4.79 Å². The van der Waals surface area contributed by atoms with Crippen molar-refractivity contribution < 1.29 is 23.4 Å². The lowest BCUT2D eigenvalue weighted by atomic mass is 10.1. The molecule has 3 aromatic carbocycles. The van der Waals surface area contributed by atoms with Gasteiger partial charge in [-0.2, -0.15) is 0 Å². The number of piperazine rings is 1. The lowest BCUT2D eigenvalue weighted by molar-refractivity contribution is 0.0746. The molecule has 1 amide bonds. The molecule has 0 radical (unpaired) electrons. The minimum Gasteiger partial charge on any atom is -0.496 e. The molecule has 1 aliphatic rings. The average molecular weight is 451 g/mol. The summed E-state index contributed by atoms with van der Waals surface area (Å²) in [6.07, 6.45) is 0. The van der Waals surface area contributed by atoms with Crippen molar-refractivity contribution in [1.82, 2.24) is 4.90 Å². The zero-order chi connectivity index (χ0) is 23.2.